The van der Waals surface area contributed by atoms with Crippen LogP contribution in [0.5, 0.6) is 5.75 Å². The molecule has 1 aromatic carbocycles. The molecule has 0 saturated carbocycles. The Morgan fingerprint density at radius 2 is 1.95 bits per heavy atom. The highest BCUT2D eigenvalue weighted by molar-refractivity contribution is 5.70. The van der Waals surface area contributed by atoms with E-state index in [1.54, 1.807) is 18.2 Å². The van der Waals surface area contributed by atoms with Gasteiger partial charge in [0, 0.05) is 30.8 Å². The summed E-state index contributed by atoms with van der Waals surface area (Å²) in [6.45, 7) is 3.12. The number of benzene rings is 1. The third-order valence-electron chi connectivity index (χ3n) is 2.99. The van der Waals surface area contributed by atoms with E-state index < -0.39 is 17.7 Å². The van der Waals surface area contributed by atoms with Crippen molar-refractivity contribution in [3.63, 3.8) is 0 Å². The van der Waals surface area contributed by atoms with Gasteiger partial charge in [0.15, 0.2) is 0 Å². The zero-order chi connectivity index (χ0) is 16.3. The van der Waals surface area contributed by atoms with Crippen molar-refractivity contribution in [1.29, 1.82) is 0 Å². The predicted molar refractivity (Wildman–Crippen MR) is 74.5 cm³/mol. The highest BCUT2D eigenvalue weighted by atomic mass is 19.4. The van der Waals surface area contributed by atoms with Crippen LogP contribution in [0, 0.1) is 6.92 Å². The molecule has 3 nitrogen and oxygen atoms in total. The lowest BCUT2D eigenvalue weighted by Gasteiger charge is -2.11. The van der Waals surface area contributed by atoms with Crippen LogP contribution >= 0.6 is 0 Å². The molecule has 1 aromatic heterocycles. The molecule has 0 aliphatic heterocycles. The van der Waals surface area contributed by atoms with Crippen LogP contribution in [0.15, 0.2) is 36.5 Å². The molecule has 22 heavy (non-hydrogen) atoms. The molecule has 0 saturated heterocycles. The molecule has 2 aromatic rings. The topological polar surface area (TPSA) is 39.2 Å². The Bertz CT molecular complexity index is 696. The van der Waals surface area contributed by atoms with Crippen molar-refractivity contribution >= 4 is 5.97 Å². The molecule has 2 rings (SSSR count). The Hall–Kier alpha value is -2.37. The number of hydrogen-bond acceptors (Lipinski definition) is 3. The minimum absolute atomic E-state index is 0.147. The second kappa shape index (κ2) is 6.17. The summed E-state index contributed by atoms with van der Waals surface area (Å²) in [7, 11) is 0. The van der Waals surface area contributed by atoms with E-state index in [0.29, 0.717) is 11.3 Å². The standard InChI is InChI=1S/C16H14F3NO2/c1-10-3-4-15(22-11(2)21)12(7-10)8-14-9-13(5-6-20-14)16(17,18)19/h3-7,9H,8H2,1-2H3. The first-order valence-electron chi connectivity index (χ1n) is 6.56. The Balaban J connectivity index is 2.34. The average molecular weight is 309 g/mol. The number of alkyl halides is 3. The van der Waals surface area contributed by atoms with Crippen LogP contribution in [-0.2, 0) is 17.4 Å². The van der Waals surface area contributed by atoms with Crippen LogP contribution in [0.4, 0.5) is 13.2 Å². The first kappa shape index (κ1) is 16.0. The van der Waals surface area contributed by atoms with E-state index in [-0.39, 0.29) is 12.1 Å². The lowest BCUT2D eigenvalue weighted by atomic mass is 10.0. The van der Waals surface area contributed by atoms with Gasteiger partial charge in [0.05, 0.1) is 5.56 Å². The molecule has 0 unspecified atom stereocenters. The predicted octanol–water partition coefficient (Wildman–Crippen LogP) is 3.92. The molecule has 0 amide bonds. The first-order valence-corrected chi connectivity index (χ1v) is 6.56. The number of carbonyl (C=O) groups is 1. The van der Waals surface area contributed by atoms with E-state index in [9.17, 15) is 18.0 Å². The van der Waals surface area contributed by atoms with Crippen LogP contribution in [-0.4, -0.2) is 11.0 Å². The number of rotatable bonds is 3. The van der Waals surface area contributed by atoms with Crippen LogP contribution in [0.2, 0.25) is 0 Å². The second-order valence-corrected chi connectivity index (χ2v) is 4.92. The summed E-state index contributed by atoms with van der Waals surface area (Å²) in [5.74, 6) is -0.153. The van der Waals surface area contributed by atoms with Crippen molar-refractivity contribution in [3.8, 4) is 5.75 Å². The fraction of sp³-hybridized carbons (Fsp3) is 0.250. The zero-order valence-electron chi connectivity index (χ0n) is 12.1. The molecular weight excluding hydrogens is 295 g/mol. The van der Waals surface area contributed by atoms with E-state index in [2.05, 4.69) is 4.98 Å². The summed E-state index contributed by atoms with van der Waals surface area (Å²) < 4.78 is 43.3. The number of halogens is 3. The Kier molecular flexibility index (Phi) is 4.49. The number of esters is 1. The summed E-state index contributed by atoms with van der Waals surface area (Å²) in [4.78, 5) is 15.1. The summed E-state index contributed by atoms with van der Waals surface area (Å²) in [6.07, 6.45) is -3.14. The quantitative estimate of drug-likeness (QED) is 0.637. The fourth-order valence-electron chi connectivity index (χ4n) is 2.05. The molecular formula is C16H14F3NO2. The molecule has 0 aliphatic carbocycles. The number of aromatic nitrogens is 1. The van der Waals surface area contributed by atoms with Crippen LogP contribution in [0.3, 0.4) is 0 Å². The van der Waals surface area contributed by atoms with Gasteiger partial charge in [-0.3, -0.25) is 9.78 Å². The molecule has 0 radical (unpaired) electrons. The highest BCUT2D eigenvalue weighted by Gasteiger charge is 2.30. The normalized spacial score (nSPS) is 11.3. The fourth-order valence-corrected chi connectivity index (χ4v) is 2.05. The van der Waals surface area contributed by atoms with Crippen molar-refractivity contribution < 1.29 is 22.7 Å². The van der Waals surface area contributed by atoms with Crippen LogP contribution < -0.4 is 4.74 Å². The van der Waals surface area contributed by atoms with Gasteiger partial charge in [0.25, 0.3) is 0 Å². The van der Waals surface area contributed by atoms with E-state index in [4.69, 9.17) is 4.74 Å². The van der Waals surface area contributed by atoms with E-state index in [0.717, 1.165) is 23.9 Å². The highest BCUT2D eigenvalue weighted by Crippen LogP contribution is 2.30. The van der Waals surface area contributed by atoms with E-state index in [1.165, 1.54) is 6.92 Å². The number of ether oxygens (including phenoxy) is 1. The Morgan fingerprint density at radius 1 is 1.23 bits per heavy atom. The Labute approximate surface area is 125 Å². The van der Waals surface area contributed by atoms with Crippen molar-refractivity contribution in [2.24, 2.45) is 0 Å². The van der Waals surface area contributed by atoms with Gasteiger partial charge in [-0.15, -0.1) is 0 Å². The first-order chi connectivity index (χ1) is 10.3. The number of carbonyl (C=O) groups excluding carboxylic acids is 1. The molecule has 0 spiro atoms. The van der Waals surface area contributed by atoms with Gasteiger partial charge in [0.1, 0.15) is 5.75 Å². The number of pyridine rings is 1. The Morgan fingerprint density at radius 3 is 2.59 bits per heavy atom. The van der Waals surface area contributed by atoms with Crippen molar-refractivity contribution in [2.75, 3.05) is 0 Å². The summed E-state index contributed by atoms with van der Waals surface area (Å²) >= 11 is 0. The van der Waals surface area contributed by atoms with E-state index >= 15 is 0 Å². The van der Waals surface area contributed by atoms with Gasteiger partial charge in [0.2, 0.25) is 0 Å². The summed E-state index contributed by atoms with van der Waals surface area (Å²) in [5, 5.41) is 0. The SMILES string of the molecule is CC(=O)Oc1ccc(C)cc1Cc1cc(C(F)(F)F)ccn1. The zero-order valence-corrected chi connectivity index (χ0v) is 12.1. The third-order valence-corrected chi connectivity index (χ3v) is 2.99. The van der Waals surface area contributed by atoms with E-state index in [1.807, 2.05) is 6.92 Å². The number of aryl methyl sites for hydroxylation is 1. The van der Waals surface area contributed by atoms with Gasteiger partial charge in [-0.05, 0) is 25.1 Å². The maximum Gasteiger partial charge on any atom is 0.416 e. The average Bonchev–Trinajstić information content (AvgIpc) is 2.41. The van der Waals surface area contributed by atoms with Crippen molar-refractivity contribution in [1.82, 2.24) is 4.98 Å². The molecule has 0 N–H and O–H groups in total. The number of hydrogen-bond donors (Lipinski definition) is 0. The summed E-state index contributed by atoms with van der Waals surface area (Å²) in [5.41, 5.74) is 1.04. The molecule has 0 bridgehead atoms. The second-order valence-electron chi connectivity index (χ2n) is 4.92. The molecule has 1 heterocycles. The van der Waals surface area contributed by atoms with Gasteiger partial charge < -0.3 is 4.74 Å². The number of nitrogens with zero attached hydrogens (tertiary/aromatic N) is 1. The lowest BCUT2D eigenvalue weighted by Crippen LogP contribution is -2.08. The minimum atomic E-state index is -4.41. The van der Waals surface area contributed by atoms with Gasteiger partial charge in [-0.2, -0.15) is 13.2 Å². The monoisotopic (exact) mass is 309 g/mol. The van der Waals surface area contributed by atoms with Gasteiger partial charge in [-0.25, -0.2) is 0 Å². The van der Waals surface area contributed by atoms with Crippen molar-refractivity contribution in [3.05, 3.63) is 58.9 Å². The van der Waals surface area contributed by atoms with Crippen LogP contribution in [0.25, 0.3) is 0 Å². The minimum Gasteiger partial charge on any atom is -0.426 e. The molecule has 0 aliphatic rings. The largest absolute Gasteiger partial charge is 0.426 e. The summed E-state index contributed by atoms with van der Waals surface area (Å²) in [6, 6.07) is 7.08. The molecule has 6 heteroatoms. The van der Waals surface area contributed by atoms with Gasteiger partial charge >= 0.3 is 12.1 Å². The smallest absolute Gasteiger partial charge is 0.416 e. The van der Waals surface area contributed by atoms with Crippen molar-refractivity contribution in [2.45, 2.75) is 26.4 Å². The lowest BCUT2D eigenvalue weighted by molar-refractivity contribution is -0.137. The van der Waals surface area contributed by atoms with Gasteiger partial charge in [-0.1, -0.05) is 17.7 Å². The molecule has 116 valence electrons. The maximum absolute atomic E-state index is 12.7. The van der Waals surface area contributed by atoms with Crippen LogP contribution in [0.1, 0.15) is 29.3 Å². The molecule has 0 atom stereocenters. The molecule has 0 fully saturated rings. The third kappa shape index (κ3) is 4.07. The maximum atomic E-state index is 12.7.